The first-order valence-corrected chi connectivity index (χ1v) is 16.8. The number of rotatable bonds is 4. The fourth-order valence-electron chi connectivity index (χ4n) is 4.05. The molecule has 4 atom stereocenters. The molecule has 0 aliphatic carbocycles. The van der Waals surface area contributed by atoms with E-state index in [-0.39, 0.29) is 24.1 Å². The maximum Gasteiger partial charge on any atom is 0.411 e. The molecular weight excluding hydrogens is 552 g/mol. The average molecular weight is 605 g/mol. The van der Waals surface area contributed by atoms with Crippen LogP contribution in [-0.2, 0) is 33.0 Å². The molecule has 0 spiro atoms. The monoisotopic (exact) mass is 604 g/mol. The summed E-state index contributed by atoms with van der Waals surface area (Å²) in [5, 5.41) is 9.57. The van der Waals surface area contributed by atoms with Crippen LogP contribution in [0.3, 0.4) is 0 Å². The highest BCUT2D eigenvalue weighted by Gasteiger charge is 2.47. The molecule has 2 aliphatic rings. The molecule has 0 saturated carbocycles. The van der Waals surface area contributed by atoms with Gasteiger partial charge in [-0.15, -0.1) is 0 Å². The second kappa shape index (κ2) is 13.7. The zero-order valence-corrected chi connectivity index (χ0v) is 28.2. The van der Waals surface area contributed by atoms with Crippen LogP contribution in [0.2, 0.25) is 18.1 Å². The van der Waals surface area contributed by atoms with Gasteiger partial charge in [-0.25, -0.2) is 19.2 Å². The van der Waals surface area contributed by atoms with E-state index in [0.717, 1.165) is 0 Å². The van der Waals surface area contributed by atoms with Crippen LogP contribution in [0.5, 0.6) is 0 Å². The van der Waals surface area contributed by atoms with Gasteiger partial charge in [-0.1, -0.05) is 20.8 Å². The van der Waals surface area contributed by atoms with Crippen molar-refractivity contribution in [2.45, 2.75) is 129 Å². The lowest BCUT2D eigenvalue weighted by Crippen LogP contribution is -2.45. The summed E-state index contributed by atoms with van der Waals surface area (Å²) >= 11 is 0. The molecule has 41 heavy (non-hydrogen) atoms. The van der Waals surface area contributed by atoms with Gasteiger partial charge in [-0.3, -0.25) is 9.80 Å². The van der Waals surface area contributed by atoms with Gasteiger partial charge in [-0.05, 0) is 59.7 Å². The van der Waals surface area contributed by atoms with Gasteiger partial charge in [-0.2, -0.15) is 0 Å². The number of amides is 2. The van der Waals surface area contributed by atoms with E-state index in [2.05, 4.69) is 38.6 Å². The molecule has 2 amide bonds. The first-order valence-electron chi connectivity index (χ1n) is 13.9. The molecule has 0 aromatic heterocycles. The van der Waals surface area contributed by atoms with Gasteiger partial charge in [0.25, 0.3) is 0 Å². The van der Waals surface area contributed by atoms with Crippen molar-refractivity contribution in [2.75, 3.05) is 27.3 Å². The van der Waals surface area contributed by atoms with Gasteiger partial charge in [0.1, 0.15) is 23.3 Å². The van der Waals surface area contributed by atoms with E-state index in [1.165, 1.54) is 24.0 Å². The largest absolute Gasteiger partial charge is 0.467 e. The van der Waals surface area contributed by atoms with Crippen LogP contribution in [0.25, 0.3) is 0 Å². The molecule has 0 aromatic rings. The Kier molecular flexibility index (Phi) is 12.3. The summed E-state index contributed by atoms with van der Waals surface area (Å²) in [4.78, 5) is 50.5. The van der Waals surface area contributed by atoms with Gasteiger partial charge >= 0.3 is 24.1 Å². The number of β-amino-alcohol motifs (C(OH)–C–C–N with tert-alkyl or cyclic N) is 1. The highest BCUT2D eigenvalue weighted by molar-refractivity contribution is 6.74. The lowest BCUT2D eigenvalue weighted by Gasteiger charge is -2.38. The molecule has 2 saturated heterocycles. The fourth-order valence-corrected chi connectivity index (χ4v) is 5.41. The van der Waals surface area contributed by atoms with E-state index in [9.17, 15) is 24.3 Å². The number of methoxy groups -OCH3 is 2. The van der Waals surface area contributed by atoms with Crippen molar-refractivity contribution in [2.24, 2.45) is 0 Å². The Bertz CT molecular complexity index is 936. The number of nitrogens with zero attached hydrogens (tertiary/aromatic N) is 2. The standard InChI is InChI=1S/C17H33NO5Si.C11H19NO5/c1-16(2,3)22-15(20)18-11-12(10-13(18)14(19)21-7)23-24(8,9)17(4,5)6;1-11(2,3)17-10(15)12-6-7(13)5-8(12)9(14)16-4/h12-13H,10-11H2,1-9H3;7-8,13H,5-6H2,1-4H3/t12-,13-;7-,8-/m00/s1. The summed E-state index contributed by atoms with van der Waals surface area (Å²) in [6.45, 7) is 21.9. The number of hydrogen-bond acceptors (Lipinski definition) is 10. The third-order valence-corrected chi connectivity index (χ3v) is 11.5. The topological polar surface area (TPSA) is 141 Å². The lowest BCUT2D eigenvalue weighted by molar-refractivity contribution is -0.146. The van der Waals surface area contributed by atoms with E-state index in [1.807, 2.05) is 0 Å². The van der Waals surface area contributed by atoms with E-state index < -0.39 is 61.8 Å². The number of aliphatic hydroxyl groups excluding tert-OH is 1. The van der Waals surface area contributed by atoms with Crippen LogP contribution in [0.1, 0.15) is 75.2 Å². The Hall–Kier alpha value is -2.38. The van der Waals surface area contributed by atoms with Crippen LogP contribution >= 0.6 is 0 Å². The van der Waals surface area contributed by atoms with Crippen molar-refractivity contribution in [3.63, 3.8) is 0 Å². The molecule has 2 rings (SSSR count). The Morgan fingerprint density at radius 1 is 0.707 bits per heavy atom. The Morgan fingerprint density at radius 3 is 1.46 bits per heavy atom. The van der Waals surface area contributed by atoms with Crippen LogP contribution < -0.4 is 0 Å². The smallest absolute Gasteiger partial charge is 0.411 e. The number of hydrogen-bond donors (Lipinski definition) is 1. The van der Waals surface area contributed by atoms with Crippen LogP contribution in [-0.4, -0.2) is 110 Å². The van der Waals surface area contributed by atoms with Crippen molar-refractivity contribution in [1.29, 1.82) is 0 Å². The maximum atomic E-state index is 12.5. The zero-order chi connectivity index (χ0) is 32.1. The third-order valence-electron chi connectivity index (χ3n) is 7.01. The number of likely N-dealkylation sites (tertiary alicyclic amines) is 2. The second-order valence-corrected chi connectivity index (χ2v) is 18.7. The highest BCUT2D eigenvalue weighted by Crippen LogP contribution is 2.39. The normalized spacial score (nSPS) is 23.4. The Balaban J connectivity index is 0.000000435. The predicted molar refractivity (Wildman–Crippen MR) is 155 cm³/mol. The predicted octanol–water partition coefficient (Wildman–Crippen LogP) is 4.09. The van der Waals surface area contributed by atoms with Gasteiger partial charge in [0, 0.05) is 19.4 Å². The van der Waals surface area contributed by atoms with Gasteiger partial charge in [0.15, 0.2) is 8.32 Å². The lowest BCUT2D eigenvalue weighted by atomic mass is 10.2. The van der Waals surface area contributed by atoms with Crippen molar-refractivity contribution in [3.8, 4) is 0 Å². The minimum Gasteiger partial charge on any atom is -0.467 e. The van der Waals surface area contributed by atoms with Crippen molar-refractivity contribution in [1.82, 2.24) is 9.80 Å². The maximum absolute atomic E-state index is 12.5. The number of ether oxygens (including phenoxy) is 4. The van der Waals surface area contributed by atoms with Crippen molar-refractivity contribution >= 4 is 32.4 Å². The van der Waals surface area contributed by atoms with E-state index >= 15 is 0 Å². The van der Waals surface area contributed by atoms with Crippen molar-refractivity contribution < 1.29 is 47.7 Å². The first kappa shape index (κ1) is 36.6. The van der Waals surface area contributed by atoms with Gasteiger partial charge in [0.2, 0.25) is 0 Å². The molecule has 2 fully saturated rings. The quantitative estimate of drug-likeness (QED) is 0.283. The average Bonchev–Trinajstić information content (AvgIpc) is 3.39. The molecule has 1 N–H and O–H groups in total. The van der Waals surface area contributed by atoms with Crippen molar-refractivity contribution in [3.05, 3.63) is 0 Å². The molecule has 2 aliphatic heterocycles. The first-order chi connectivity index (χ1) is 18.4. The number of carbonyl (C=O) groups excluding carboxylic acids is 4. The third kappa shape index (κ3) is 11.1. The highest BCUT2D eigenvalue weighted by atomic mass is 28.4. The fraction of sp³-hybridized carbons (Fsp3) is 0.857. The zero-order valence-electron chi connectivity index (χ0n) is 27.2. The Labute approximate surface area is 246 Å². The second-order valence-electron chi connectivity index (χ2n) is 14.0. The molecule has 0 radical (unpaired) electrons. The molecule has 12 nitrogen and oxygen atoms in total. The summed E-state index contributed by atoms with van der Waals surface area (Å²) in [5.74, 6) is -0.963. The van der Waals surface area contributed by atoms with E-state index in [1.54, 1.807) is 41.5 Å². The molecular formula is C28H52N2O10Si. The molecule has 0 aromatic carbocycles. The summed E-state index contributed by atoms with van der Waals surface area (Å²) in [6.07, 6.45) is -1.37. The minimum absolute atomic E-state index is 0.0626. The molecule has 0 unspecified atom stereocenters. The Morgan fingerprint density at radius 2 is 1.10 bits per heavy atom. The number of carbonyl (C=O) groups is 4. The van der Waals surface area contributed by atoms with Crippen LogP contribution in [0.15, 0.2) is 0 Å². The summed E-state index contributed by atoms with van der Waals surface area (Å²) in [5.41, 5.74) is -1.25. The number of aliphatic hydroxyl groups is 1. The van der Waals surface area contributed by atoms with E-state index in [0.29, 0.717) is 13.0 Å². The summed E-state index contributed by atoms with van der Waals surface area (Å²) < 4.78 is 26.4. The molecule has 13 heteroatoms. The summed E-state index contributed by atoms with van der Waals surface area (Å²) in [6, 6.07) is -1.41. The minimum atomic E-state index is -1.99. The SMILES string of the molecule is COC(=O)[C@@H]1C[C@H](O)CN1C(=O)OC(C)(C)C.COC(=O)[C@@H]1C[C@H](O[Si](C)(C)C(C)(C)C)CN1C(=O)OC(C)(C)C. The van der Waals surface area contributed by atoms with Crippen LogP contribution in [0.4, 0.5) is 9.59 Å². The molecule has 238 valence electrons. The van der Waals surface area contributed by atoms with Gasteiger partial charge in [0.05, 0.1) is 33.0 Å². The molecule has 2 heterocycles. The molecule has 0 bridgehead atoms. The van der Waals surface area contributed by atoms with E-state index in [4.69, 9.17) is 18.6 Å². The van der Waals surface area contributed by atoms with Crippen LogP contribution in [0, 0.1) is 0 Å². The van der Waals surface area contributed by atoms with Gasteiger partial charge < -0.3 is 28.5 Å². The number of esters is 2. The summed E-state index contributed by atoms with van der Waals surface area (Å²) in [7, 11) is 0.595.